The van der Waals surface area contributed by atoms with Gasteiger partial charge < -0.3 is 10.1 Å². The minimum Gasteiger partial charge on any atom is -0.483 e. The summed E-state index contributed by atoms with van der Waals surface area (Å²) in [7, 11) is -3.54. The monoisotopic (exact) mass is 446 g/mol. The van der Waals surface area contributed by atoms with Gasteiger partial charge in [0.05, 0.1) is 4.90 Å². The fourth-order valence-electron chi connectivity index (χ4n) is 3.29. The number of hydrogen-bond acceptors (Lipinski definition) is 4. The van der Waals surface area contributed by atoms with E-state index in [1.54, 1.807) is 12.1 Å². The number of hydrogen-bond donors (Lipinski definition) is 1. The molecule has 0 saturated heterocycles. The van der Waals surface area contributed by atoms with Gasteiger partial charge in [-0.25, -0.2) is 8.42 Å². The van der Waals surface area contributed by atoms with E-state index in [0.29, 0.717) is 24.5 Å². The average Bonchev–Trinajstić information content (AvgIpc) is 2.72. The van der Waals surface area contributed by atoms with E-state index in [4.69, 9.17) is 4.74 Å². The van der Waals surface area contributed by atoms with Crippen LogP contribution in [0.25, 0.3) is 0 Å². The van der Waals surface area contributed by atoms with Crippen molar-refractivity contribution in [1.29, 1.82) is 0 Å². The van der Waals surface area contributed by atoms with E-state index in [2.05, 4.69) is 19.2 Å². The van der Waals surface area contributed by atoms with Crippen LogP contribution in [-0.4, -0.2) is 38.3 Å². The van der Waals surface area contributed by atoms with E-state index in [-0.39, 0.29) is 23.3 Å². The molecule has 0 aliphatic rings. The average molecular weight is 447 g/mol. The molecule has 2 aromatic rings. The molecule has 0 atom stereocenters. The first-order valence-electron chi connectivity index (χ1n) is 10.8. The Morgan fingerprint density at radius 2 is 1.65 bits per heavy atom. The fourth-order valence-corrected chi connectivity index (χ4v) is 4.92. The Morgan fingerprint density at radius 1 is 1.03 bits per heavy atom. The van der Waals surface area contributed by atoms with Crippen LogP contribution < -0.4 is 10.1 Å². The van der Waals surface area contributed by atoms with E-state index in [0.717, 1.165) is 24.0 Å². The van der Waals surface area contributed by atoms with Gasteiger partial charge in [0.1, 0.15) is 5.75 Å². The van der Waals surface area contributed by atoms with E-state index >= 15 is 0 Å². The van der Waals surface area contributed by atoms with Crippen molar-refractivity contribution in [2.75, 3.05) is 25.0 Å². The molecule has 0 heterocycles. The molecule has 170 valence electrons. The van der Waals surface area contributed by atoms with Crippen LogP contribution in [-0.2, 0) is 14.8 Å². The van der Waals surface area contributed by atoms with E-state index in [9.17, 15) is 13.2 Å². The van der Waals surface area contributed by atoms with Crippen LogP contribution in [0.1, 0.15) is 57.6 Å². The normalized spacial score (nSPS) is 11.7. The number of carbonyl (C=O) groups is 1. The van der Waals surface area contributed by atoms with E-state index in [1.807, 2.05) is 39.0 Å². The van der Waals surface area contributed by atoms with Crippen LogP contribution in [0.5, 0.6) is 5.75 Å². The summed E-state index contributed by atoms with van der Waals surface area (Å²) in [6.07, 6.45) is 1.51. The van der Waals surface area contributed by atoms with Gasteiger partial charge in [0.2, 0.25) is 10.0 Å². The summed E-state index contributed by atoms with van der Waals surface area (Å²) in [5.74, 6) is 0.692. The first-order chi connectivity index (χ1) is 14.7. The highest BCUT2D eigenvalue weighted by Crippen LogP contribution is 2.27. The highest BCUT2D eigenvalue weighted by molar-refractivity contribution is 7.89. The maximum atomic E-state index is 12.8. The standard InChI is InChI=1S/C24H34N2O4S/c1-6-14-26(15-7-2)31(28,29)21-11-9-20(10-12-21)25-24(27)17-30-23-16-19(5)8-13-22(23)18(3)4/h8-13,16,18H,6-7,14-15,17H2,1-5H3,(H,25,27). The third kappa shape index (κ3) is 6.80. The third-order valence-corrected chi connectivity index (χ3v) is 6.78. The number of sulfonamides is 1. The number of nitrogens with one attached hydrogen (secondary N) is 1. The topological polar surface area (TPSA) is 75.7 Å². The third-order valence-electron chi connectivity index (χ3n) is 4.87. The smallest absolute Gasteiger partial charge is 0.262 e. The number of anilines is 1. The summed E-state index contributed by atoms with van der Waals surface area (Å²) in [4.78, 5) is 12.6. The SMILES string of the molecule is CCCN(CCC)S(=O)(=O)c1ccc(NC(=O)COc2cc(C)ccc2C(C)C)cc1. The molecule has 0 aliphatic carbocycles. The Bertz CT molecular complexity index is 964. The molecule has 6 nitrogen and oxygen atoms in total. The summed E-state index contributed by atoms with van der Waals surface area (Å²) in [6, 6.07) is 12.2. The Kier molecular flexibility index (Phi) is 9.07. The number of ether oxygens (including phenoxy) is 1. The molecule has 31 heavy (non-hydrogen) atoms. The van der Waals surface area contributed by atoms with E-state index < -0.39 is 10.0 Å². The lowest BCUT2D eigenvalue weighted by Crippen LogP contribution is -2.32. The molecule has 2 rings (SSSR count). The van der Waals surface area contributed by atoms with Crippen LogP contribution in [0.4, 0.5) is 5.69 Å². The number of benzene rings is 2. The Labute approximate surface area is 186 Å². The lowest BCUT2D eigenvalue weighted by molar-refractivity contribution is -0.118. The fraction of sp³-hybridized carbons (Fsp3) is 0.458. The molecule has 1 N–H and O–H groups in total. The number of aryl methyl sites for hydroxylation is 1. The summed E-state index contributed by atoms with van der Waals surface area (Å²) >= 11 is 0. The Hall–Kier alpha value is -2.38. The number of rotatable bonds is 11. The van der Waals surface area contributed by atoms with Gasteiger partial charge in [-0.2, -0.15) is 4.31 Å². The zero-order chi connectivity index (χ0) is 23.0. The number of carbonyl (C=O) groups excluding carboxylic acids is 1. The van der Waals surface area contributed by atoms with Gasteiger partial charge in [-0.1, -0.05) is 39.8 Å². The molecular weight excluding hydrogens is 412 g/mol. The molecule has 0 saturated carbocycles. The highest BCUT2D eigenvalue weighted by Gasteiger charge is 2.23. The van der Waals surface area contributed by atoms with Gasteiger partial charge in [0.25, 0.3) is 5.91 Å². The van der Waals surface area contributed by atoms with Crippen molar-refractivity contribution >= 4 is 21.6 Å². The lowest BCUT2D eigenvalue weighted by Gasteiger charge is -2.21. The summed E-state index contributed by atoms with van der Waals surface area (Å²) in [5.41, 5.74) is 2.65. The molecule has 2 aromatic carbocycles. The van der Waals surface area contributed by atoms with Gasteiger partial charge in [0.15, 0.2) is 6.61 Å². The molecular formula is C24H34N2O4S. The summed E-state index contributed by atoms with van der Waals surface area (Å²) < 4.78 is 32.9. The van der Waals surface area contributed by atoms with Crippen LogP contribution in [0.2, 0.25) is 0 Å². The second-order valence-corrected chi connectivity index (χ2v) is 9.90. The second-order valence-electron chi connectivity index (χ2n) is 7.96. The first-order valence-corrected chi connectivity index (χ1v) is 12.3. The zero-order valence-electron chi connectivity index (χ0n) is 19.1. The molecule has 0 unspecified atom stereocenters. The van der Waals surface area contributed by atoms with Crippen LogP contribution in [0.15, 0.2) is 47.4 Å². The minimum absolute atomic E-state index is 0.121. The van der Waals surface area contributed by atoms with Crippen molar-refractivity contribution in [2.24, 2.45) is 0 Å². The van der Waals surface area contributed by atoms with Gasteiger partial charge in [-0.15, -0.1) is 0 Å². The van der Waals surface area contributed by atoms with Crippen LogP contribution >= 0.6 is 0 Å². The van der Waals surface area contributed by atoms with E-state index in [1.165, 1.54) is 16.4 Å². The second kappa shape index (κ2) is 11.3. The Morgan fingerprint density at radius 3 is 2.19 bits per heavy atom. The van der Waals surface area contributed by atoms with Crippen LogP contribution in [0, 0.1) is 6.92 Å². The summed E-state index contributed by atoms with van der Waals surface area (Å²) in [5, 5.41) is 2.76. The highest BCUT2D eigenvalue weighted by atomic mass is 32.2. The molecule has 0 radical (unpaired) electrons. The van der Waals surface area contributed by atoms with Crippen molar-refractivity contribution in [2.45, 2.75) is 58.3 Å². The quantitative estimate of drug-likeness (QED) is 0.530. The van der Waals surface area contributed by atoms with Gasteiger partial charge in [-0.05, 0) is 67.1 Å². The molecule has 0 bridgehead atoms. The molecule has 0 aliphatic heterocycles. The van der Waals surface area contributed by atoms with Crippen LogP contribution in [0.3, 0.4) is 0 Å². The molecule has 0 aromatic heterocycles. The first kappa shape index (κ1) is 24.9. The summed E-state index contributed by atoms with van der Waals surface area (Å²) in [6.45, 7) is 10.9. The lowest BCUT2D eigenvalue weighted by atomic mass is 10.0. The molecule has 0 spiro atoms. The van der Waals surface area contributed by atoms with Crippen molar-refractivity contribution in [3.63, 3.8) is 0 Å². The molecule has 1 amide bonds. The predicted octanol–water partition coefficient (Wildman–Crippen LogP) is 4.95. The van der Waals surface area contributed by atoms with Crippen molar-refractivity contribution in [3.8, 4) is 5.75 Å². The Balaban J connectivity index is 2.03. The van der Waals surface area contributed by atoms with Gasteiger partial charge >= 0.3 is 0 Å². The maximum absolute atomic E-state index is 12.8. The van der Waals surface area contributed by atoms with Crippen molar-refractivity contribution in [1.82, 2.24) is 4.31 Å². The number of nitrogens with zero attached hydrogens (tertiary/aromatic N) is 1. The van der Waals surface area contributed by atoms with Gasteiger partial charge in [-0.3, -0.25) is 4.79 Å². The number of amides is 1. The molecule has 7 heteroatoms. The maximum Gasteiger partial charge on any atom is 0.262 e. The molecule has 0 fully saturated rings. The van der Waals surface area contributed by atoms with Crippen molar-refractivity contribution in [3.05, 3.63) is 53.6 Å². The predicted molar refractivity (Wildman–Crippen MR) is 125 cm³/mol. The van der Waals surface area contributed by atoms with Crippen molar-refractivity contribution < 1.29 is 17.9 Å². The largest absolute Gasteiger partial charge is 0.483 e. The van der Waals surface area contributed by atoms with Gasteiger partial charge in [0, 0.05) is 18.8 Å². The zero-order valence-corrected chi connectivity index (χ0v) is 20.0. The minimum atomic E-state index is -3.54.